The highest BCUT2D eigenvalue weighted by Crippen LogP contribution is 2.07. The molecule has 0 aliphatic rings. The lowest BCUT2D eigenvalue weighted by Crippen LogP contribution is -2.30. The second-order valence-electron chi connectivity index (χ2n) is 4.52. The standard InChI is InChI=1S/C14H18N4O2/c1-11(18-10-15-9-17-18)14(19)16-7-12-4-3-5-13(6-12)8-20-2/h3-6,9-11H,7-8H2,1-2H3,(H,16,19)/t11-/m1/s1. The predicted molar refractivity (Wildman–Crippen MR) is 73.7 cm³/mol. The van der Waals surface area contributed by atoms with Gasteiger partial charge in [0.1, 0.15) is 18.7 Å². The van der Waals surface area contributed by atoms with Gasteiger partial charge in [0.05, 0.1) is 6.61 Å². The highest BCUT2D eigenvalue weighted by Gasteiger charge is 2.14. The number of ether oxygens (including phenoxy) is 1. The molecule has 1 heterocycles. The van der Waals surface area contributed by atoms with Crippen LogP contribution in [0.15, 0.2) is 36.9 Å². The summed E-state index contributed by atoms with van der Waals surface area (Å²) in [5.41, 5.74) is 2.13. The molecule has 6 nitrogen and oxygen atoms in total. The van der Waals surface area contributed by atoms with Gasteiger partial charge in [0, 0.05) is 13.7 Å². The van der Waals surface area contributed by atoms with Crippen LogP contribution in [0.1, 0.15) is 24.1 Å². The van der Waals surface area contributed by atoms with Crippen molar-refractivity contribution in [3.8, 4) is 0 Å². The fraction of sp³-hybridized carbons (Fsp3) is 0.357. The zero-order valence-corrected chi connectivity index (χ0v) is 11.6. The highest BCUT2D eigenvalue weighted by atomic mass is 16.5. The van der Waals surface area contributed by atoms with E-state index in [-0.39, 0.29) is 11.9 Å². The van der Waals surface area contributed by atoms with Crippen LogP contribution in [0.5, 0.6) is 0 Å². The van der Waals surface area contributed by atoms with E-state index in [4.69, 9.17) is 4.74 Å². The van der Waals surface area contributed by atoms with E-state index in [2.05, 4.69) is 15.4 Å². The Hall–Kier alpha value is -2.21. The van der Waals surface area contributed by atoms with Crippen molar-refractivity contribution in [2.75, 3.05) is 7.11 Å². The third kappa shape index (κ3) is 3.64. The van der Waals surface area contributed by atoms with E-state index in [1.165, 1.54) is 17.3 Å². The SMILES string of the molecule is COCc1cccc(CNC(=O)[C@@H](C)n2cncn2)c1. The summed E-state index contributed by atoms with van der Waals surface area (Å²) in [6, 6.07) is 7.56. The second kappa shape index (κ2) is 6.81. The van der Waals surface area contributed by atoms with Crippen LogP contribution in [0.25, 0.3) is 0 Å². The van der Waals surface area contributed by atoms with Crippen LogP contribution in [0.4, 0.5) is 0 Å². The number of hydrogen-bond acceptors (Lipinski definition) is 4. The van der Waals surface area contributed by atoms with E-state index < -0.39 is 0 Å². The van der Waals surface area contributed by atoms with Gasteiger partial charge in [-0.3, -0.25) is 4.79 Å². The molecule has 0 radical (unpaired) electrons. The number of amides is 1. The van der Waals surface area contributed by atoms with Crippen molar-refractivity contribution in [1.29, 1.82) is 0 Å². The predicted octanol–water partition coefficient (Wildman–Crippen LogP) is 1.30. The van der Waals surface area contributed by atoms with Gasteiger partial charge in [-0.05, 0) is 18.1 Å². The minimum atomic E-state index is -0.375. The summed E-state index contributed by atoms with van der Waals surface area (Å²) in [6.45, 7) is 2.83. The Morgan fingerprint density at radius 2 is 2.25 bits per heavy atom. The van der Waals surface area contributed by atoms with Gasteiger partial charge in [-0.2, -0.15) is 5.10 Å². The maximum atomic E-state index is 12.0. The molecule has 0 aliphatic carbocycles. The Balaban J connectivity index is 1.91. The fourth-order valence-electron chi connectivity index (χ4n) is 1.87. The minimum absolute atomic E-state index is 0.0901. The van der Waals surface area contributed by atoms with Gasteiger partial charge >= 0.3 is 0 Å². The van der Waals surface area contributed by atoms with Crippen molar-refractivity contribution in [3.05, 3.63) is 48.0 Å². The summed E-state index contributed by atoms with van der Waals surface area (Å²) in [4.78, 5) is 15.8. The molecule has 1 aromatic carbocycles. The number of nitrogens with zero attached hydrogens (tertiary/aromatic N) is 3. The molecule has 1 aromatic heterocycles. The van der Waals surface area contributed by atoms with Crippen LogP contribution in [0, 0.1) is 0 Å². The second-order valence-corrected chi connectivity index (χ2v) is 4.52. The Morgan fingerprint density at radius 3 is 2.95 bits per heavy atom. The first-order chi connectivity index (χ1) is 9.70. The first-order valence-electron chi connectivity index (χ1n) is 6.39. The van der Waals surface area contributed by atoms with Crippen molar-refractivity contribution < 1.29 is 9.53 Å². The topological polar surface area (TPSA) is 69.0 Å². The molecule has 0 unspecified atom stereocenters. The van der Waals surface area contributed by atoms with Crippen LogP contribution in [0.3, 0.4) is 0 Å². The van der Waals surface area contributed by atoms with Crippen molar-refractivity contribution >= 4 is 5.91 Å². The van der Waals surface area contributed by atoms with Gasteiger partial charge in [-0.1, -0.05) is 24.3 Å². The number of carbonyl (C=O) groups excluding carboxylic acids is 1. The Morgan fingerprint density at radius 1 is 1.45 bits per heavy atom. The summed E-state index contributed by atoms with van der Waals surface area (Å²) >= 11 is 0. The molecule has 0 spiro atoms. The van der Waals surface area contributed by atoms with Crippen LogP contribution in [-0.4, -0.2) is 27.8 Å². The zero-order valence-electron chi connectivity index (χ0n) is 11.6. The van der Waals surface area contributed by atoms with Gasteiger partial charge in [-0.25, -0.2) is 9.67 Å². The zero-order chi connectivity index (χ0) is 14.4. The quantitative estimate of drug-likeness (QED) is 0.862. The van der Waals surface area contributed by atoms with Gasteiger partial charge < -0.3 is 10.1 Å². The van der Waals surface area contributed by atoms with E-state index in [0.29, 0.717) is 13.2 Å². The van der Waals surface area contributed by atoms with E-state index in [0.717, 1.165) is 11.1 Å². The molecule has 20 heavy (non-hydrogen) atoms. The molecule has 0 bridgehead atoms. The van der Waals surface area contributed by atoms with Gasteiger partial charge in [-0.15, -0.1) is 0 Å². The van der Waals surface area contributed by atoms with E-state index in [9.17, 15) is 4.79 Å². The molecule has 0 saturated heterocycles. The van der Waals surface area contributed by atoms with Crippen molar-refractivity contribution in [2.45, 2.75) is 26.1 Å². The molecule has 0 fully saturated rings. The highest BCUT2D eigenvalue weighted by molar-refractivity contribution is 5.79. The molecule has 1 atom stereocenters. The molecule has 2 rings (SSSR count). The Bertz CT molecular complexity index is 554. The largest absolute Gasteiger partial charge is 0.380 e. The summed E-state index contributed by atoms with van der Waals surface area (Å²) in [7, 11) is 1.66. The Kier molecular flexibility index (Phi) is 4.84. The maximum absolute atomic E-state index is 12.0. The van der Waals surface area contributed by atoms with Crippen molar-refractivity contribution in [1.82, 2.24) is 20.1 Å². The fourth-order valence-corrected chi connectivity index (χ4v) is 1.87. The lowest BCUT2D eigenvalue weighted by atomic mass is 10.1. The lowest BCUT2D eigenvalue weighted by Gasteiger charge is -2.12. The summed E-state index contributed by atoms with van der Waals surface area (Å²) in [6.07, 6.45) is 2.95. The van der Waals surface area contributed by atoms with Crippen molar-refractivity contribution in [2.24, 2.45) is 0 Å². The van der Waals surface area contributed by atoms with Crippen LogP contribution < -0.4 is 5.32 Å². The number of hydrogen-bond donors (Lipinski definition) is 1. The Labute approximate surface area is 117 Å². The smallest absolute Gasteiger partial charge is 0.244 e. The molecule has 2 aromatic rings. The van der Waals surface area contributed by atoms with E-state index in [1.54, 1.807) is 14.0 Å². The average molecular weight is 274 g/mol. The van der Waals surface area contributed by atoms with Crippen LogP contribution in [0.2, 0.25) is 0 Å². The number of carbonyl (C=O) groups is 1. The minimum Gasteiger partial charge on any atom is -0.380 e. The average Bonchev–Trinajstić information content (AvgIpc) is 2.99. The molecule has 0 aliphatic heterocycles. The third-order valence-electron chi connectivity index (χ3n) is 2.98. The van der Waals surface area contributed by atoms with Gasteiger partial charge in [0.2, 0.25) is 5.91 Å². The summed E-state index contributed by atoms with van der Waals surface area (Å²) in [5, 5.41) is 6.85. The van der Waals surface area contributed by atoms with Crippen LogP contribution >= 0.6 is 0 Å². The molecule has 1 N–H and O–H groups in total. The number of benzene rings is 1. The first kappa shape index (κ1) is 14.2. The monoisotopic (exact) mass is 274 g/mol. The molecular formula is C14H18N4O2. The normalized spacial score (nSPS) is 12.1. The first-order valence-corrected chi connectivity index (χ1v) is 6.39. The lowest BCUT2D eigenvalue weighted by molar-refractivity contribution is -0.124. The van der Waals surface area contributed by atoms with E-state index in [1.807, 2.05) is 24.3 Å². The third-order valence-corrected chi connectivity index (χ3v) is 2.98. The van der Waals surface area contributed by atoms with E-state index >= 15 is 0 Å². The summed E-state index contributed by atoms with van der Waals surface area (Å²) in [5.74, 6) is -0.0901. The van der Waals surface area contributed by atoms with Gasteiger partial charge in [0.25, 0.3) is 0 Å². The van der Waals surface area contributed by atoms with Gasteiger partial charge in [0.15, 0.2) is 0 Å². The number of aromatic nitrogens is 3. The summed E-state index contributed by atoms with van der Waals surface area (Å²) < 4.78 is 6.61. The number of nitrogens with one attached hydrogen (secondary N) is 1. The van der Waals surface area contributed by atoms with Crippen molar-refractivity contribution in [3.63, 3.8) is 0 Å². The molecule has 1 amide bonds. The molecule has 0 saturated carbocycles. The molecule has 6 heteroatoms. The number of rotatable bonds is 6. The maximum Gasteiger partial charge on any atom is 0.244 e. The number of methoxy groups -OCH3 is 1. The molecular weight excluding hydrogens is 256 g/mol. The molecule has 106 valence electrons. The van der Waals surface area contributed by atoms with Crippen LogP contribution in [-0.2, 0) is 22.7 Å².